The third kappa shape index (κ3) is 2.68. The van der Waals surface area contributed by atoms with E-state index in [9.17, 15) is 19.7 Å². The minimum absolute atomic E-state index is 0.114. The largest absolute Gasteiger partial charge is 0.378 e. The highest BCUT2D eigenvalue weighted by molar-refractivity contribution is 6.44. The molecule has 1 aromatic heterocycles. The first-order valence-electron chi connectivity index (χ1n) is 7.14. The second-order valence-corrected chi connectivity index (χ2v) is 5.35. The maximum Gasteiger partial charge on any atom is 0.295 e. The molecule has 0 radical (unpaired) electrons. The van der Waals surface area contributed by atoms with E-state index in [1.165, 1.54) is 23.2 Å². The number of ketones is 1. The van der Waals surface area contributed by atoms with Crippen molar-refractivity contribution in [2.45, 2.75) is 0 Å². The monoisotopic (exact) mass is 317 g/mol. The number of rotatable bonds is 3. The van der Waals surface area contributed by atoms with Crippen molar-refractivity contribution in [3.05, 3.63) is 40.1 Å². The van der Waals surface area contributed by atoms with Crippen LogP contribution in [0.25, 0.3) is 10.9 Å². The summed E-state index contributed by atoms with van der Waals surface area (Å²) in [5.41, 5.74) is 0.730. The molecule has 120 valence electrons. The van der Waals surface area contributed by atoms with Gasteiger partial charge >= 0.3 is 0 Å². The lowest BCUT2D eigenvalue weighted by Gasteiger charge is -2.25. The number of amides is 1. The minimum atomic E-state index is -0.655. The molecule has 8 heteroatoms. The van der Waals surface area contributed by atoms with Crippen LogP contribution in [0.5, 0.6) is 0 Å². The molecule has 0 aliphatic carbocycles. The average molecular weight is 317 g/mol. The second kappa shape index (κ2) is 5.81. The van der Waals surface area contributed by atoms with Crippen LogP contribution in [0, 0.1) is 10.1 Å². The summed E-state index contributed by atoms with van der Waals surface area (Å²) in [6.07, 6.45) is 1.54. The molecular formula is C15H15N3O5. The molecule has 1 amide bonds. The average Bonchev–Trinajstić information content (AvgIpc) is 2.90. The van der Waals surface area contributed by atoms with E-state index in [-0.39, 0.29) is 11.3 Å². The van der Waals surface area contributed by atoms with Crippen molar-refractivity contribution in [3.63, 3.8) is 0 Å². The first kappa shape index (κ1) is 15.2. The van der Waals surface area contributed by atoms with Gasteiger partial charge in [0.2, 0.25) is 0 Å². The van der Waals surface area contributed by atoms with E-state index in [2.05, 4.69) is 0 Å². The van der Waals surface area contributed by atoms with Crippen LogP contribution in [0.2, 0.25) is 0 Å². The number of nitro benzene ring substituents is 1. The Morgan fingerprint density at radius 3 is 2.61 bits per heavy atom. The molecule has 2 heterocycles. The molecule has 0 saturated carbocycles. The van der Waals surface area contributed by atoms with Crippen molar-refractivity contribution in [1.29, 1.82) is 0 Å². The van der Waals surface area contributed by atoms with Gasteiger partial charge in [0.15, 0.2) is 0 Å². The van der Waals surface area contributed by atoms with E-state index >= 15 is 0 Å². The Morgan fingerprint density at radius 1 is 1.26 bits per heavy atom. The van der Waals surface area contributed by atoms with Gasteiger partial charge in [-0.1, -0.05) is 0 Å². The first-order chi connectivity index (χ1) is 11.0. The van der Waals surface area contributed by atoms with E-state index in [0.717, 1.165) is 0 Å². The zero-order valence-corrected chi connectivity index (χ0v) is 12.5. The highest BCUT2D eigenvalue weighted by Crippen LogP contribution is 2.26. The molecule has 1 aromatic carbocycles. The second-order valence-electron chi connectivity index (χ2n) is 5.35. The Kier molecular flexibility index (Phi) is 3.83. The molecule has 0 bridgehead atoms. The van der Waals surface area contributed by atoms with Gasteiger partial charge in [0.1, 0.15) is 0 Å². The van der Waals surface area contributed by atoms with Gasteiger partial charge < -0.3 is 14.2 Å². The number of aryl methyl sites for hydroxylation is 1. The van der Waals surface area contributed by atoms with Gasteiger partial charge in [0.05, 0.1) is 23.7 Å². The third-order valence-electron chi connectivity index (χ3n) is 3.92. The Bertz CT molecular complexity index is 805. The number of ether oxygens (including phenoxy) is 1. The SMILES string of the molecule is Cn1cc(C(=O)C(=O)N2CCOCC2)c2cc([N+](=O)[O-])ccc21. The number of non-ortho nitro benzene ring substituents is 1. The lowest BCUT2D eigenvalue weighted by molar-refractivity contribution is -0.384. The topological polar surface area (TPSA) is 94.7 Å². The molecule has 1 aliphatic rings. The fourth-order valence-corrected chi connectivity index (χ4v) is 2.70. The molecular weight excluding hydrogens is 302 g/mol. The van der Waals surface area contributed by atoms with Gasteiger partial charge in [-0.05, 0) is 6.07 Å². The van der Waals surface area contributed by atoms with Gasteiger partial charge in [-0.25, -0.2) is 0 Å². The lowest BCUT2D eigenvalue weighted by atomic mass is 10.1. The summed E-state index contributed by atoms with van der Waals surface area (Å²) >= 11 is 0. The standard InChI is InChI=1S/C15H15N3O5/c1-16-9-12(11-8-10(18(21)22)2-3-13(11)16)14(19)15(20)17-4-6-23-7-5-17/h2-3,8-9H,4-7H2,1H3. The van der Waals surface area contributed by atoms with Crippen molar-refractivity contribution in [2.24, 2.45) is 7.05 Å². The highest BCUT2D eigenvalue weighted by atomic mass is 16.6. The number of carbonyl (C=O) groups is 2. The third-order valence-corrected chi connectivity index (χ3v) is 3.92. The van der Waals surface area contributed by atoms with Gasteiger partial charge in [-0.3, -0.25) is 19.7 Å². The van der Waals surface area contributed by atoms with Gasteiger partial charge in [0.25, 0.3) is 17.4 Å². The van der Waals surface area contributed by atoms with Gasteiger partial charge in [0, 0.05) is 49.4 Å². The quantitative estimate of drug-likeness (QED) is 0.366. The highest BCUT2D eigenvalue weighted by Gasteiger charge is 2.27. The molecule has 23 heavy (non-hydrogen) atoms. The zero-order chi connectivity index (χ0) is 16.6. The van der Waals surface area contributed by atoms with Crippen molar-refractivity contribution in [3.8, 4) is 0 Å². The van der Waals surface area contributed by atoms with Crippen LogP contribution < -0.4 is 0 Å². The summed E-state index contributed by atoms with van der Waals surface area (Å²) in [4.78, 5) is 36.7. The predicted molar refractivity (Wildman–Crippen MR) is 81.3 cm³/mol. The first-order valence-corrected chi connectivity index (χ1v) is 7.14. The number of Topliss-reactive ketones (excluding diaryl/α,β-unsaturated/α-hetero) is 1. The summed E-state index contributed by atoms with van der Waals surface area (Å²) < 4.78 is 6.85. The fourth-order valence-electron chi connectivity index (χ4n) is 2.70. The summed E-state index contributed by atoms with van der Waals surface area (Å²) in [6.45, 7) is 1.55. The van der Waals surface area contributed by atoms with E-state index in [1.54, 1.807) is 17.7 Å². The molecule has 3 rings (SSSR count). The van der Waals surface area contributed by atoms with Crippen LogP contribution >= 0.6 is 0 Å². The molecule has 0 spiro atoms. The van der Waals surface area contributed by atoms with E-state index in [4.69, 9.17) is 4.74 Å². The van der Waals surface area contributed by atoms with Crippen LogP contribution in [-0.4, -0.2) is 52.4 Å². The summed E-state index contributed by atoms with van der Waals surface area (Å²) in [5, 5.41) is 11.3. The minimum Gasteiger partial charge on any atom is -0.378 e. The number of carbonyl (C=O) groups excluding carboxylic acids is 2. The molecule has 8 nitrogen and oxygen atoms in total. The number of hydrogen-bond donors (Lipinski definition) is 0. The van der Waals surface area contributed by atoms with Crippen molar-refractivity contribution < 1.29 is 19.2 Å². The summed E-state index contributed by atoms with van der Waals surface area (Å²) in [7, 11) is 1.73. The molecule has 1 aliphatic heterocycles. The number of fused-ring (bicyclic) bond motifs is 1. The maximum absolute atomic E-state index is 12.5. The van der Waals surface area contributed by atoms with E-state index in [1.807, 2.05) is 0 Å². The molecule has 0 atom stereocenters. The Balaban J connectivity index is 2.01. The Labute approximate surface area is 131 Å². The summed E-state index contributed by atoms with van der Waals surface area (Å²) in [6, 6.07) is 4.28. The fraction of sp³-hybridized carbons (Fsp3) is 0.333. The summed E-state index contributed by atoms with van der Waals surface area (Å²) in [5.74, 6) is -1.26. The van der Waals surface area contributed by atoms with E-state index < -0.39 is 16.6 Å². The Hall–Kier alpha value is -2.74. The number of hydrogen-bond acceptors (Lipinski definition) is 5. The molecule has 0 N–H and O–H groups in total. The smallest absolute Gasteiger partial charge is 0.295 e. The predicted octanol–water partition coefficient (Wildman–Crippen LogP) is 1.13. The molecule has 1 saturated heterocycles. The molecule has 1 fully saturated rings. The van der Waals surface area contributed by atoms with Crippen LogP contribution in [0.4, 0.5) is 5.69 Å². The number of aromatic nitrogens is 1. The Morgan fingerprint density at radius 2 is 1.96 bits per heavy atom. The number of benzene rings is 1. The van der Waals surface area contributed by atoms with Crippen molar-refractivity contribution >= 4 is 28.3 Å². The van der Waals surface area contributed by atoms with Crippen LogP contribution in [0.3, 0.4) is 0 Å². The lowest BCUT2D eigenvalue weighted by Crippen LogP contribution is -2.44. The van der Waals surface area contributed by atoms with Crippen LogP contribution in [0.1, 0.15) is 10.4 Å². The molecule has 0 unspecified atom stereocenters. The maximum atomic E-state index is 12.5. The van der Waals surface area contributed by atoms with Gasteiger partial charge in [-0.2, -0.15) is 0 Å². The van der Waals surface area contributed by atoms with Crippen LogP contribution in [-0.2, 0) is 16.6 Å². The van der Waals surface area contributed by atoms with Crippen molar-refractivity contribution in [1.82, 2.24) is 9.47 Å². The normalized spacial score (nSPS) is 14.9. The number of nitro groups is 1. The zero-order valence-electron chi connectivity index (χ0n) is 12.5. The van der Waals surface area contributed by atoms with E-state index in [0.29, 0.717) is 37.2 Å². The molecule has 2 aromatic rings. The van der Waals surface area contributed by atoms with Crippen LogP contribution in [0.15, 0.2) is 24.4 Å². The number of nitrogens with zero attached hydrogens (tertiary/aromatic N) is 3. The van der Waals surface area contributed by atoms with Gasteiger partial charge in [-0.15, -0.1) is 0 Å². The van der Waals surface area contributed by atoms with Crippen molar-refractivity contribution in [2.75, 3.05) is 26.3 Å². The number of morpholine rings is 1.